The van der Waals surface area contributed by atoms with Crippen LogP contribution in [0.5, 0.6) is 5.75 Å². The largest absolute Gasteiger partial charge is 0.496 e. The lowest BCUT2D eigenvalue weighted by Crippen LogP contribution is -2.17. The molecule has 2 aromatic carbocycles. The molecule has 0 aliphatic carbocycles. The van der Waals surface area contributed by atoms with Crippen molar-refractivity contribution in [2.45, 2.75) is 18.4 Å². The van der Waals surface area contributed by atoms with Crippen molar-refractivity contribution >= 4 is 33.2 Å². The number of ether oxygens (including phenoxy) is 1. The lowest BCUT2D eigenvalue weighted by Gasteiger charge is -2.13. The monoisotopic (exact) mass is 431 g/mol. The molecule has 150 valence electrons. The fraction of sp³-hybridized carbons (Fsp3) is 0.200. The Balaban J connectivity index is 1.79. The van der Waals surface area contributed by atoms with E-state index in [-0.39, 0.29) is 17.1 Å². The van der Waals surface area contributed by atoms with Crippen LogP contribution in [-0.2, 0) is 21.3 Å². The van der Waals surface area contributed by atoms with Gasteiger partial charge in [-0.25, -0.2) is 13.1 Å². The van der Waals surface area contributed by atoms with Crippen molar-refractivity contribution in [2.24, 2.45) is 0 Å². The highest BCUT2D eigenvalue weighted by Crippen LogP contribution is 2.34. The number of rotatable bonds is 4. The second-order valence-electron chi connectivity index (χ2n) is 6.85. The molecule has 4 rings (SSSR count). The molecule has 1 aromatic heterocycles. The molecule has 0 bridgehead atoms. The number of fused-ring (bicyclic) bond motifs is 1. The zero-order valence-electron chi connectivity index (χ0n) is 15.8. The number of aromatic nitrogens is 2. The zero-order chi connectivity index (χ0) is 20.8. The van der Waals surface area contributed by atoms with E-state index in [0.717, 1.165) is 11.3 Å². The third-order valence-electron chi connectivity index (χ3n) is 4.70. The van der Waals surface area contributed by atoms with Gasteiger partial charge >= 0.3 is 0 Å². The van der Waals surface area contributed by atoms with E-state index in [1.54, 1.807) is 16.8 Å². The van der Waals surface area contributed by atoms with Gasteiger partial charge < -0.3 is 10.1 Å². The number of hydrogen-bond donors (Lipinski definition) is 1. The first-order valence-electron chi connectivity index (χ1n) is 8.80. The standard InChI is InChI=1S/C20H18ClN3O4S/c1-12-3-6-14(7-4-12)24-19(16-10-29(26,27)11-17(16)23-24)22-20(25)15-9-13(21)5-8-18(15)28-2/h3-9H,10-11H2,1-2H3,(H,22,25). The van der Waals surface area contributed by atoms with Gasteiger partial charge in [0, 0.05) is 10.6 Å². The van der Waals surface area contributed by atoms with Crippen molar-refractivity contribution in [3.63, 3.8) is 0 Å². The number of nitrogens with zero attached hydrogens (tertiary/aromatic N) is 2. The maximum absolute atomic E-state index is 13.0. The quantitative estimate of drug-likeness (QED) is 0.682. The fourth-order valence-electron chi connectivity index (χ4n) is 3.28. The summed E-state index contributed by atoms with van der Waals surface area (Å²) in [6.07, 6.45) is 0. The molecule has 1 N–H and O–H groups in total. The molecular weight excluding hydrogens is 414 g/mol. The minimum absolute atomic E-state index is 0.148. The first kappa shape index (κ1) is 19.5. The van der Waals surface area contributed by atoms with Crippen LogP contribution in [0.25, 0.3) is 5.69 Å². The van der Waals surface area contributed by atoms with E-state index in [1.165, 1.54) is 13.2 Å². The van der Waals surface area contributed by atoms with Crippen LogP contribution in [-0.4, -0.2) is 31.2 Å². The molecule has 3 aromatic rings. The van der Waals surface area contributed by atoms with E-state index in [1.807, 2.05) is 31.2 Å². The maximum atomic E-state index is 13.0. The number of aryl methyl sites for hydroxylation is 1. The summed E-state index contributed by atoms with van der Waals surface area (Å²) in [5.41, 5.74) is 2.98. The molecule has 1 aliphatic rings. The van der Waals surface area contributed by atoms with Crippen LogP contribution in [0.3, 0.4) is 0 Å². The Labute approximate surface area is 173 Å². The SMILES string of the molecule is COc1ccc(Cl)cc1C(=O)Nc1c2c(nn1-c1ccc(C)cc1)CS(=O)(=O)C2. The summed E-state index contributed by atoms with van der Waals surface area (Å²) < 4.78 is 31.0. The van der Waals surface area contributed by atoms with Gasteiger partial charge in [-0.05, 0) is 37.3 Å². The molecule has 2 heterocycles. The molecule has 0 unspecified atom stereocenters. The number of nitrogens with one attached hydrogen (secondary N) is 1. The second kappa shape index (κ2) is 7.20. The minimum atomic E-state index is -3.28. The Morgan fingerprint density at radius 1 is 1.17 bits per heavy atom. The van der Waals surface area contributed by atoms with Gasteiger partial charge in [0.2, 0.25) is 0 Å². The second-order valence-corrected chi connectivity index (χ2v) is 9.35. The Morgan fingerprint density at radius 3 is 2.59 bits per heavy atom. The maximum Gasteiger partial charge on any atom is 0.260 e. The number of halogens is 1. The molecule has 7 nitrogen and oxygen atoms in total. The lowest BCUT2D eigenvalue weighted by atomic mass is 10.1. The molecule has 29 heavy (non-hydrogen) atoms. The topological polar surface area (TPSA) is 90.3 Å². The molecule has 0 fully saturated rings. The van der Waals surface area contributed by atoms with Crippen LogP contribution in [0.15, 0.2) is 42.5 Å². The number of carbonyl (C=O) groups excluding carboxylic acids is 1. The number of hydrogen-bond acceptors (Lipinski definition) is 5. The number of anilines is 1. The molecule has 0 saturated carbocycles. The Hall–Kier alpha value is -2.84. The van der Waals surface area contributed by atoms with Gasteiger partial charge in [0.05, 0.1) is 35.6 Å². The summed E-state index contributed by atoms with van der Waals surface area (Å²) in [5, 5.41) is 7.66. The third kappa shape index (κ3) is 3.73. The molecule has 0 atom stereocenters. The normalized spacial score (nSPS) is 14.4. The van der Waals surface area contributed by atoms with Gasteiger partial charge in [0.15, 0.2) is 9.84 Å². The zero-order valence-corrected chi connectivity index (χ0v) is 17.3. The van der Waals surface area contributed by atoms with Crippen LogP contribution in [0.2, 0.25) is 5.02 Å². The summed E-state index contributed by atoms with van der Waals surface area (Å²) in [7, 11) is -1.82. The first-order chi connectivity index (χ1) is 13.8. The summed E-state index contributed by atoms with van der Waals surface area (Å²) >= 11 is 6.04. The summed E-state index contributed by atoms with van der Waals surface area (Å²) in [6, 6.07) is 12.3. The van der Waals surface area contributed by atoms with Gasteiger partial charge in [0.1, 0.15) is 11.6 Å². The van der Waals surface area contributed by atoms with Gasteiger partial charge in [-0.1, -0.05) is 29.3 Å². The van der Waals surface area contributed by atoms with Crippen molar-refractivity contribution in [3.8, 4) is 11.4 Å². The van der Waals surface area contributed by atoms with Crippen LogP contribution >= 0.6 is 11.6 Å². The highest BCUT2D eigenvalue weighted by atomic mass is 35.5. The molecular formula is C20H18ClN3O4S. The predicted octanol–water partition coefficient (Wildman–Crippen LogP) is 3.52. The average molecular weight is 432 g/mol. The summed E-state index contributed by atoms with van der Waals surface area (Å²) in [6.45, 7) is 1.97. The number of amides is 1. The van der Waals surface area contributed by atoms with Crippen molar-refractivity contribution in [3.05, 3.63) is 69.9 Å². The van der Waals surface area contributed by atoms with E-state index < -0.39 is 15.7 Å². The number of benzene rings is 2. The lowest BCUT2D eigenvalue weighted by molar-refractivity contribution is 0.102. The average Bonchev–Trinajstić information content (AvgIpc) is 3.15. The number of methoxy groups -OCH3 is 1. The first-order valence-corrected chi connectivity index (χ1v) is 11.0. The molecule has 1 amide bonds. The van der Waals surface area contributed by atoms with Crippen LogP contribution in [0, 0.1) is 6.92 Å². The van der Waals surface area contributed by atoms with Gasteiger partial charge in [0.25, 0.3) is 5.91 Å². The smallest absolute Gasteiger partial charge is 0.260 e. The molecule has 1 aliphatic heterocycles. The molecule has 0 radical (unpaired) electrons. The van der Waals surface area contributed by atoms with Crippen LogP contribution in [0.4, 0.5) is 5.82 Å². The minimum Gasteiger partial charge on any atom is -0.496 e. The van der Waals surface area contributed by atoms with E-state index >= 15 is 0 Å². The van der Waals surface area contributed by atoms with E-state index in [4.69, 9.17) is 16.3 Å². The van der Waals surface area contributed by atoms with Crippen LogP contribution < -0.4 is 10.1 Å². The Bertz CT molecular complexity index is 1220. The highest BCUT2D eigenvalue weighted by Gasteiger charge is 2.33. The third-order valence-corrected chi connectivity index (χ3v) is 6.38. The van der Waals surface area contributed by atoms with E-state index in [0.29, 0.717) is 27.8 Å². The summed E-state index contributed by atoms with van der Waals surface area (Å²) in [5.74, 6) is -0.0969. The Kier molecular flexibility index (Phi) is 4.84. The van der Waals surface area contributed by atoms with Gasteiger partial charge in [-0.2, -0.15) is 5.10 Å². The van der Waals surface area contributed by atoms with Crippen molar-refractivity contribution in [1.29, 1.82) is 0 Å². The van der Waals surface area contributed by atoms with Crippen molar-refractivity contribution in [1.82, 2.24) is 9.78 Å². The number of sulfone groups is 1. The fourth-order valence-corrected chi connectivity index (χ4v) is 4.94. The van der Waals surface area contributed by atoms with Crippen molar-refractivity contribution in [2.75, 3.05) is 12.4 Å². The summed E-state index contributed by atoms with van der Waals surface area (Å²) in [4.78, 5) is 13.0. The predicted molar refractivity (Wildman–Crippen MR) is 111 cm³/mol. The van der Waals surface area contributed by atoms with Gasteiger partial charge in [-0.15, -0.1) is 0 Å². The molecule has 0 saturated heterocycles. The van der Waals surface area contributed by atoms with Crippen molar-refractivity contribution < 1.29 is 17.9 Å². The van der Waals surface area contributed by atoms with E-state index in [2.05, 4.69) is 10.4 Å². The molecule has 0 spiro atoms. The Morgan fingerprint density at radius 2 is 1.90 bits per heavy atom. The van der Waals surface area contributed by atoms with Crippen LogP contribution in [0.1, 0.15) is 27.2 Å². The van der Waals surface area contributed by atoms with E-state index in [9.17, 15) is 13.2 Å². The van der Waals surface area contributed by atoms with Gasteiger partial charge in [-0.3, -0.25) is 4.79 Å². The highest BCUT2D eigenvalue weighted by molar-refractivity contribution is 7.90. The molecule has 9 heteroatoms. The number of carbonyl (C=O) groups is 1.